The fourth-order valence-electron chi connectivity index (χ4n) is 4.12. The Kier molecular flexibility index (Phi) is 7.33. The van der Waals surface area contributed by atoms with Crippen LogP contribution in [0.2, 0.25) is 0 Å². The number of carbonyl (C=O) groups is 1. The van der Waals surface area contributed by atoms with Crippen LogP contribution in [-0.2, 0) is 14.3 Å². The number of ether oxygens (including phenoxy) is 2. The lowest BCUT2D eigenvalue weighted by atomic mass is 10.0. The minimum atomic E-state index is -5.08. The molecule has 3 fully saturated rings. The van der Waals surface area contributed by atoms with Crippen LogP contribution in [0.25, 0.3) is 0 Å². The number of aryl methyl sites for hydroxylation is 1. The van der Waals surface area contributed by atoms with Crippen molar-refractivity contribution in [2.24, 2.45) is 5.92 Å². The van der Waals surface area contributed by atoms with Crippen LogP contribution in [0.3, 0.4) is 0 Å². The van der Waals surface area contributed by atoms with Crippen molar-refractivity contribution in [3.63, 3.8) is 0 Å². The predicted octanol–water partition coefficient (Wildman–Crippen LogP) is 3.42. The van der Waals surface area contributed by atoms with Gasteiger partial charge in [0.15, 0.2) is 0 Å². The Bertz CT molecular complexity index is 682. The number of hydrogen-bond acceptors (Lipinski definition) is 7. The van der Waals surface area contributed by atoms with Crippen LogP contribution >= 0.6 is 11.3 Å². The van der Waals surface area contributed by atoms with E-state index < -0.39 is 12.1 Å². The average molecular weight is 437 g/mol. The summed E-state index contributed by atoms with van der Waals surface area (Å²) in [4.78, 5) is 11.3. The zero-order chi connectivity index (χ0) is 21.0. The summed E-state index contributed by atoms with van der Waals surface area (Å²) >= 11 is 1.68. The molecule has 1 aliphatic carbocycles. The molecule has 0 unspecified atom stereocenters. The predicted molar refractivity (Wildman–Crippen MR) is 100 cm³/mol. The summed E-state index contributed by atoms with van der Waals surface area (Å²) in [6.45, 7) is 4.69. The van der Waals surface area contributed by atoms with Crippen molar-refractivity contribution in [1.29, 1.82) is 0 Å². The number of alkyl halides is 3. The van der Waals surface area contributed by atoms with Crippen molar-refractivity contribution in [2.75, 3.05) is 24.7 Å². The maximum absolute atomic E-state index is 10.6. The normalized spacial score (nSPS) is 27.4. The molecule has 2 aliphatic heterocycles. The maximum Gasteiger partial charge on any atom is 0.490 e. The third-order valence-corrected chi connectivity index (χ3v) is 6.38. The topological polar surface area (TPSA) is 84.8 Å². The zero-order valence-corrected chi connectivity index (χ0v) is 17.0. The van der Waals surface area contributed by atoms with Crippen molar-refractivity contribution in [3.8, 4) is 0 Å². The van der Waals surface area contributed by atoms with Crippen LogP contribution in [0.15, 0.2) is 0 Å². The Morgan fingerprint density at radius 2 is 1.97 bits per heavy atom. The van der Waals surface area contributed by atoms with E-state index in [-0.39, 0.29) is 12.2 Å². The number of aliphatic carboxylic acids is 1. The summed E-state index contributed by atoms with van der Waals surface area (Å²) in [6.07, 6.45) is 3.03. The largest absolute Gasteiger partial charge is 0.490 e. The van der Waals surface area contributed by atoms with E-state index >= 15 is 0 Å². The number of hydrogen-bond donors (Lipinski definition) is 1. The van der Waals surface area contributed by atoms with Gasteiger partial charge in [0, 0.05) is 19.8 Å². The van der Waals surface area contributed by atoms with Gasteiger partial charge in [-0.3, -0.25) is 0 Å². The number of fused-ring (bicyclic) bond motifs is 1. The summed E-state index contributed by atoms with van der Waals surface area (Å²) in [6, 6.07) is 0.412. The Labute approximate surface area is 171 Å². The molecule has 4 rings (SSSR count). The van der Waals surface area contributed by atoms with Gasteiger partial charge in [-0.25, -0.2) is 4.79 Å². The number of carboxylic acid groups (broad SMARTS) is 1. The summed E-state index contributed by atoms with van der Waals surface area (Å²) < 4.78 is 44.1. The Hall–Kier alpha value is -1.46. The summed E-state index contributed by atoms with van der Waals surface area (Å²) in [5.41, 5.74) is 0. The van der Waals surface area contributed by atoms with Crippen LogP contribution < -0.4 is 4.90 Å². The van der Waals surface area contributed by atoms with Gasteiger partial charge in [-0.15, -0.1) is 10.2 Å². The standard InChI is InChI=1S/C16H25N3O2S.C2HF3O2/c1-11-17-18-16(22-11)19-9-14(15-13(19)7-4-8-20-15)21-10-12-5-2-3-6-12;3-2(4,5)1(6)7/h12-15H,2-10H2,1H3;(H,6,7)/t13-,14-,15+;/m1./s1. The molecule has 1 N–H and O–H groups in total. The van der Waals surface area contributed by atoms with Gasteiger partial charge in [0.25, 0.3) is 0 Å². The second-order valence-electron chi connectivity index (χ2n) is 7.63. The first kappa shape index (κ1) is 22.2. The van der Waals surface area contributed by atoms with Crippen molar-refractivity contribution in [2.45, 2.75) is 69.9 Å². The number of aromatic nitrogens is 2. The van der Waals surface area contributed by atoms with Gasteiger partial charge in [0.05, 0.1) is 6.04 Å². The highest BCUT2D eigenvalue weighted by molar-refractivity contribution is 7.15. The molecule has 0 radical (unpaired) electrons. The van der Waals surface area contributed by atoms with Crippen LogP contribution in [0.4, 0.5) is 18.3 Å². The molecule has 7 nitrogen and oxygen atoms in total. The van der Waals surface area contributed by atoms with Crippen molar-refractivity contribution in [3.05, 3.63) is 5.01 Å². The van der Waals surface area contributed by atoms with Gasteiger partial charge in [-0.2, -0.15) is 13.2 Å². The molecular weight excluding hydrogens is 411 g/mol. The van der Waals surface area contributed by atoms with E-state index in [0.29, 0.717) is 6.04 Å². The summed E-state index contributed by atoms with van der Waals surface area (Å²) in [5.74, 6) is -1.99. The molecule has 29 heavy (non-hydrogen) atoms. The summed E-state index contributed by atoms with van der Waals surface area (Å²) in [5, 5.41) is 17.7. The molecular formula is C18H26F3N3O4S. The fraction of sp³-hybridized carbons (Fsp3) is 0.833. The van der Waals surface area contributed by atoms with E-state index in [1.165, 1.54) is 32.1 Å². The second-order valence-corrected chi connectivity index (χ2v) is 8.79. The molecule has 3 aliphatic rings. The molecule has 3 atom stereocenters. The van der Waals surface area contributed by atoms with Crippen LogP contribution in [-0.4, -0.2) is 65.5 Å². The van der Waals surface area contributed by atoms with Crippen molar-refractivity contribution >= 4 is 22.4 Å². The number of rotatable bonds is 4. The van der Waals surface area contributed by atoms with E-state index in [1.807, 2.05) is 6.92 Å². The minimum absolute atomic E-state index is 0.190. The van der Waals surface area contributed by atoms with Crippen molar-refractivity contribution in [1.82, 2.24) is 10.2 Å². The average Bonchev–Trinajstić information content (AvgIpc) is 3.39. The van der Waals surface area contributed by atoms with Crippen LogP contribution in [0, 0.1) is 12.8 Å². The molecule has 1 aromatic heterocycles. The molecule has 0 amide bonds. The molecule has 0 aromatic carbocycles. The molecule has 0 bridgehead atoms. The van der Waals surface area contributed by atoms with Gasteiger partial charge in [0.2, 0.25) is 5.13 Å². The molecule has 1 aromatic rings. The zero-order valence-electron chi connectivity index (χ0n) is 16.2. The second kappa shape index (κ2) is 9.57. The number of anilines is 1. The van der Waals surface area contributed by atoms with E-state index in [0.717, 1.165) is 42.2 Å². The highest BCUT2D eigenvalue weighted by Crippen LogP contribution is 2.36. The first-order valence-electron chi connectivity index (χ1n) is 9.85. The van der Waals surface area contributed by atoms with E-state index in [4.69, 9.17) is 19.4 Å². The van der Waals surface area contributed by atoms with E-state index in [1.54, 1.807) is 11.3 Å². The molecule has 1 saturated carbocycles. The van der Waals surface area contributed by atoms with Crippen LogP contribution in [0.1, 0.15) is 43.5 Å². The lowest BCUT2D eigenvalue weighted by Gasteiger charge is -2.31. The van der Waals surface area contributed by atoms with Crippen molar-refractivity contribution < 1.29 is 32.5 Å². The molecule has 11 heteroatoms. The summed E-state index contributed by atoms with van der Waals surface area (Å²) in [7, 11) is 0. The highest BCUT2D eigenvalue weighted by atomic mass is 32.1. The third kappa shape index (κ3) is 5.79. The lowest BCUT2D eigenvalue weighted by Crippen LogP contribution is -2.42. The number of halogens is 3. The smallest absolute Gasteiger partial charge is 0.475 e. The monoisotopic (exact) mass is 437 g/mol. The third-order valence-electron chi connectivity index (χ3n) is 5.50. The van der Waals surface area contributed by atoms with E-state index in [2.05, 4.69) is 15.1 Å². The number of nitrogens with zero attached hydrogens (tertiary/aromatic N) is 3. The van der Waals surface area contributed by atoms with Gasteiger partial charge < -0.3 is 19.5 Å². The molecule has 2 saturated heterocycles. The highest BCUT2D eigenvalue weighted by Gasteiger charge is 2.46. The first-order chi connectivity index (χ1) is 13.8. The molecule has 0 spiro atoms. The fourth-order valence-corrected chi connectivity index (χ4v) is 4.87. The van der Waals surface area contributed by atoms with Gasteiger partial charge in [-0.1, -0.05) is 24.2 Å². The number of carboxylic acids is 1. The Morgan fingerprint density at radius 3 is 2.55 bits per heavy atom. The quantitative estimate of drug-likeness (QED) is 0.773. The SMILES string of the molecule is Cc1nnc(N2C[C@@H](OCC3CCCC3)[C@H]3OCCC[C@H]32)s1.O=C(O)C(F)(F)F. The maximum atomic E-state index is 10.6. The minimum Gasteiger partial charge on any atom is -0.475 e. The van der Waals surface area contributed by atoms with Gasteiger partial charge in [-0.05, 0) is 38.5 Å². The Morgan fingerprint density at radius 1 is 1.28 bits per heavy atom. The van der Waals surface area contributed by atoms with Crippen LogP contribution in [0.5, 0.6) is 0 Å². The molecule has 164 valence electrons. The van der Waals surface area contributed by atoms with Gasteiger partial charge >= 0.3 is 12.1 Å². The molecule has 3 heterocycles. The van der Waals surface area contributed by atoms with Gasteiger partial charge in [0.1, 0.15) is 17.2 Å². The lowest BCUT2D eigenvalue weighted by molar-refractivity contribution is -0.192. The van der Waals surface area contributed by atoms with E-state index in [9.17, 15) is 13.2 Å². The first-order valence-corrected chi connectivity index (χ1v) is 10.7. The Balaban J connectivity index is 0.000000298.